The third-order valence-electron chi connectivity index (χ3n) is 4.84. The minimum absolute atomic E-state index is 0.172. The van der Waals surface area contributed by atoms with Crippen LogP contribution in [0.15, 0.2) is 0 Å². The molecule has 0 aromatic carbocycles. The van der Waals surface area contributed by atoms with Gasteiger partial charge in [0, 0.05) is 5.92 Å². The molecule has 0 aromatic heterocycles. The van der Waals surface area contributed by atoms with Crippen LogP contribution >= 0.6 is 0 Å². The van der Waals surface area contributed by atoms with E-state index >= 15 is 0 Å². The Morgan fingerprint density at radius 3 is 1.88 bits per heavy atom. The summed E-state index contributed by atoms with van der Waals surface area (Å²) in [4.78, 5) is 0. The van der Waals surface area contributed by atoms with Crippen molar-refractivity contribution in [2.45, 2.75) is 69.2 Å². The average Bonchev–Trinajstić information content (AvgIpc) is 2.56. The predicted octanol–water partition coefficient (Wildman–Crippen LogP) is -3.49. The van der Waals surface area contributed by atoms with E-state index in [0.717, 1.165) is 0 Å². The Bertz CT molecular complexity index is 421. The summed E-state index contributed by atoms with van der Waals surface area (Å²) >= 11 is 0. The largest absolute Gasteiger partial charge is 0.394 e. The standard InChI is InChI=1S/C15H28O10/c1-5(2)8-9(18)6(3-16)24-15(11(8)20)25-13-10(19)7(4-17)23-14(22)12(13)21/h5-22H,3-4H2,1-2H3. The van der Waals surface area contributed by atoms with Gasteiger partial charge in [0.1, 0.15) is 36.6 Å². The van der Waals surface area contributed by atoms with E-state index in [1.165, 1.54) is 0 Å². The number of ether oxygens (including phenoxy) is 3. The molecule has 0 amide bonds. The highest BCUT2D eigenvalue weighted by atomic mass is 16.7. The summed E-state index contributed by atoms with van der Waals surface area (Å²) in [5.41, 5.74) is 0. The van der Waals surface area contributed by atoms with E-state index < -0.39 is 74.4 Å². The highest BCUT2D eigenvalue weighted by Gasteiger charge is 2.50. The van der Waals surface area contributed by atoms with Crippen molar-refractivity contribution in [3.05, 3.63) is 0 Å². The maximum absolute atomic E-state index is 10.5. The third kappa shape index (κ3) is 4.14. The minimum atomic E-state index is -1.70. The molecule has 2 saturated heterocycles. The molecule has 0 saturated carbocycles. The van der Waals surface area contributed by atoms with E-state index in [4.69, 9.17) is 14.2 Å². The average molecular weight is 368 g/mol. The lowest BCUT2D eigenvalue weighted by Crippen LogP contribution is -2.63. The summed E-state index contributed by atoms with van der Waals surface area (Å²) in [5, 5.41) is 69.1. The second kappa shape index (κ2) is 8.53. The van der Waals surface area contributed by atoms with Gasteiger partial charge < -0.3 is 50.0 Å². The molecule has 2 rings (SSSR count). The molecule has 10 heteroatoms. The van der Waals surface area contributed by atoms with Crippen LogP contribution in [-0.4, -0.2) is 104 Å². The van der Waals surface area contributed by atoms with Crippen molar-refractivity contribution >= 4 is 0 Å². The summed E-state index contributed by atoms with van der Waals surface area (Å²) in [5.74, 6) is -0.849. The van der Waals surface area contributed by atoms with Crippen LogP contribution in [0, 0.1) is 11.8 Å². The third-order valence-corrected chi connectivity index (χ3v) is 4.84. The van der Waals surface area contributed by atoms with Gasteiger partial charge in [-0.05, 0) is 5.92 Å². The van der Waals surface area contributed by atoms with Crippen molar-refractivity contribution in [2.24, 2.45) is 11.8 Å². The first-order chi connectivity index (χ1) is 11.7. The summed E-state index contributed by atoms with van der Waals surface area (Å²) in [6.45, 7) is 2.42. The number of hydrogen-bond acceptors (Lipinski definition) is 10. The molecule has 10 atom stereocenters. The van der Waals surface area contributed by atoms with Gasteiger partial charge in [-0.25, -0.2) is 0 Å². The molecule has 148 valence electrons. The molecule has 7 N–H and O–H groups in total. The summed E-state index contributed by atoms with van der Waals surface area (Å²) < 4.78 is 15.7. The normalized spacial score (nSPS) is 48.7. The summed E-state index contributed by atoms with van der Waals surface area (Å²) in [6, 6.07) is 0. The van der Waals surface area contributed by atoms with Gasteiger partial charge in [-0.15, -0.1) is 0 Å². The number of aliphatic hydroxyl groups is 7. The smallest absolute Gasteiger partial charge is 0.184 e. The van der Waals surface area contributed by atoms with E-state index in [9.17, 15) is 35.7 Å². The molecule has 0 aliphatic carbocycles. The van der Waals surface area contributed by atoms with Crippen LogP contribution in [0.4, 0.5) is 0 Å². The van der Waals surface area contributed by atoms with Crippen molar-refractivity contribution in [1.29, 1.82) is 0 Å². The van der Waals surface area contributed by atoms with E-state index in [1.807, 2.05) is 0 Å². The molecular weight excluding hydrogens is 340 g/mol. The summed E-state index contributed by atoms with van der Waals surface area (Å²) in [6.07, 6.45) is -12.3. The molecule has 10 nitrogen and oxygen atoms in total. The van der Waals surface area contributed by atoms with Crippen molar-refractivity contribution in [2.75, 3.05) is 13.2 Å². The first kappa shape index (κ1) is 20.9. The lowest BCUT2D eigenvalue weighted by Gasteiger charge is -2.47. The molecule has 2 heterocycles. The highest BCUT2D eigenvalue weighted by molar-refractivity contribution is 4.94. The zero-order valence-corrected chi connectivity index (χ0v) is 14.1. The Kier molecular flexibility index (Phi) is 7.13. The van der Waals surface area contributed by atoms with E-state index in [-0.39, 0.29) is 5.92 Å². The first-order valence-corrected chi connectivity index (χ1v) is 8.31. The fourth-order valence-corrected chi connectivity index (χ4v) is 3.40. The molecule has 0 spiro atoms. The highest BCUT2D eigenvalue weighted by Crippen LogP contribution is 2.34. The molecule has 25 heavy (non-hydrogen) atoms. The van der Waals surface area contributed by atoms with Crippen LogP contribution in [-0.2, 0) is 14.2 Å². The quantitative estimate of drug-likeness (QED) is 0.259. The maximum atomic E-state index is 10.5. The Hall–Kier alpha value is -0.400. The monoisotopic (exact) mass is 368 g/mol. The van der Waals surface area contributed by atoms with Crippen LogP contribution < -0.4 is 0 Å². The van der Waals surface area contributed by atoms with E-state index in [2.05, 4.69) is 0 Å². The molecule has 10 unspecified atom stereocenters. The Morgan fingerprint density at radius 2 is 1.36 bits per heavy atom. The van der Waals surface area contributed by atoms with Crippen LogP contribution in [0.3, 0.4) is 0 Å². The van der Waals surface area contributed by atoms with Gasteiger partial charge in [0.25, 0.3) is 0 Å². The molecular formula is C15H28O10. The number of rotatable bonds is 5. The Balaban J connectivity index is 2.18. The number of hydrogen-bond donors (Lipinski definition) is 7. The van der Waals surface area contributed by atoms with Crippen LogP contribution in [0.5, 0.6) is 0 Å². The lowest BCUT2D eigenvalue weighted by atomic mass is 9.80. The Labute approximate surface area is 145 Å². The number of aliphatic hydroxyl groups excluding tert-OH is 7. The molecule has 2 aliphatic rings. The molecule has 2 fully saturated rings. The first-order valence-electron chi connectivity index (χ1n) is 8.31. The van der Waals surface area contributed by atoms with Crippen molar-refractivity contribution in [3.8, 4) is 0 Å². The predicted molar refractivity (Wildman–Crippen MR) is 80.9 cm³/mol. The second-order valence-corrected chi connectivity index (χ2v) is 6.86. The molecule has 0 bridgehead atoms. The van der Waals surface area contributed by atoms with Crippen molar-refractivity contribution in [1.82, 2.24) is 0 Å². The van der Waals surface area contributed by atoms with Gasteiger partial charge in [0.2, 0.25) is 0 Å². The lowest BCUT2D eigenvalue weighted by molar-refractivity contribution is -0.353. The zero-order chi connectivity index (χ0) is 18.9. The van der Waals surface area contributed by atoms with Gasteiger partial charge in [0.15, 0.2) is 12.6 Å². The van der Waals surface area contributed by atoms with Gasteiger partial charge >= 0.3 is 0 Å². The van der Waals surface area contributed by atoms with E-state index in [0.29, 0.717) is 0 Å². The van der Waals surface area contributed by atoms with Crippen LogP contribution in [0.1, 0.15) is 13.8 Å². The maximum Gasteiger partial charge on any atom is 0.184 e. The van der Waals surface area contributed by atoms with Crippen LogP contribution in [0.2, 0.25) is 0 Å². The molecule has 0 aromatic rings. The molecule has 2 aliphatic heterocycles. The molecule has 0 radical (unpaired) electrons. The van der Waals surface area contributed by atoms with E-state index in [1.54, 1.807) is 13.8 Å². The SMILES string of the molecule is CC(C)C1C(O)C(CO)OC(OC2C(O)C(O)OC(CO)C2O)C1O. The minimum Gasteiger partial charge on any atom is -0.394 e. The fraction of sp³-hybridized carbons (Fsp3) is 1.00. The van der Waals surface area contributed by atoms with Gasteiger partial charge in [-0.2, -0.15) is 0 Å². The van der Waals surface area contributed by atoms with Gasteiger partial charge in [-0.3, -0.25) is 0 Å². The Morgan fingerprint density at radius 1 is 0.800 bits per heavy atom. The van der Waals surface area contributed by atoms with Crippen LogP contribution in [0.25, 0.3) is 0 Å². The van der Waals surface area contributed by atoms with Gasteiger partial charge in [0.05, 0.1) is 19.3 Å². The van der Waals surface area contributed by atoms with Gasteiger partial charge in [-0.1, -0.05) is 13.8 Å². The topological polar surface area (TPSA) is 169 Å². The van der Waals surface area contributed by atoms with Crippen molar-refractivity contribution < 1.29 is 50.0 Å². The van der Waals surface area contributed by atoms with Crippen molar-refractivity contribution in [3.63, 3.8) is 0 Å². The fourth-order valence-electron chi connectivity index (χ4n) is 3.40. The zero-order valence-electron chi connectivity index (χ0n) is 14.1. The second-order valence-electron chi connectivity index (χ2n) is 6.86. The summed E-state index contributed by atoms with van der Waals surface area (Å²) in [7, 11) is 0.